The third-order valence-electron chi connectivity index (χ3n) is 2.74. The molecule has 0 unspecified atom stereocenters. The molecule has 0 fully saturated rings. The van der Waals surface area contributed by atoms with E-state index in [0.29, 0.717) is 0 Å². The smallest absolute Gasteiger partial charge is 0.310 e. The van der Waals surface area contributed by atoms with E-state index in [1.165, 1.54) is 0 Å². The summed E-state index contributed by atoms with van der Waals surface area (Å²) in [7, 11) is 0. The molecular weight excluding hydrogens is 236 g/mol. The number of ether oxygens (including phenoxy) is 1. The van der Waals surface area contributed by atoms with Crippen molar-refractivity contribution in [3.05, 3.63) is 35.9 Å². The van der Waals surface area contributed by atoms with Gasteiger partial charge in [0.25, 0.3) is 0 Å². The number of carbonyl (C=O) groups is 1. The number of aliphatic hydroxyl groups is 3. The Hall–Kier alpha value is -1.43. The summed E-state index contributed by atoms with van der Waals surface area (Å²) >= 11 is 0. The van der Waals surface area contributed by atoms with Gasteiger partial charge in [-0.3, -0.25) is 4.79 Å². The maximum absolute atomic E-state index is 11.5. The lowest BCUT2D eigenvalue weighted by atomic mass is 9.93. The fraction of sp³-hybridized carbons (Fsp3) is 0.462. The molecular formula is C13H18O5. The van der Waals surface area contributed by atoms with E-state index in [2.05, 4.69) is 0 Å². The lowest BCUT2D eigenvalue weighted by Crippen LogP contribution is -2.39. The summed E-state index contributed by atoms with van der Waals surface area (Å²) in [5.74, 6) is -0.457. The molecule has 1 aromatic carbocycles. The molecule has 0 amide bonds. The molecule has 3 N–H and O–H groups in total. The van der Waals surface area contributed by atoms with Crippen molar-refractivity contribution < 1.29 is 24.9 Å². The van der Waals surface area contributed by atoms with Gasteiger partial charge in [0.1, 0.15) is 6.61 Å². The van der Waals surface area contributed by atoms with Crippen LogP contribution in [0.5, 0.6) is 0 Å². The van der Waals surface area contributed by atoms with Crippen LogP contribution in [0.25, 0.3) is 0 Å². The number of hydrogen-bond donors (Lipinski definition) is 3. The number of carbonyl (C=O) groups excluding carboxylic acids is 1. The quantitative estimate of drug-likeness (QED) is 0.583. The predicted octanol–water partition coefficient (Wildman–Crippen LogP) is -0.264. The third-order valence-corrected chi connectivity index (χ3v) is 2.74. The van der Waals surface area contributed by atoms with E-state index in [1.807, 2.05) is 18.2 Å². The maximum Gasteiger partial charge on any atom is 0.310 e. The zero-order valence-electron chi connectivity index (χ0n) is 10.1. The van der Waals surface area contributed by atoms with Crippen molar-refractivity contribution in [3.63, 3.8) is 0 Å². The fourth-order valence-corrected chi connectivity index (χ4v) is 1.33. The Bertz CT molecular complexity index is 351. The van der Waals surface area contributed by atoms with Crippen LogP contribution in [-0.2, 0) is 16.0 Å². The molecule has 0 heterocycles. The summed E-state index contributed by atoms with van der Waals surface area (Å²) in [5.41, 5.74) is -0.350. The minimum absolute atomic E-state index is 0.124. The van der Waals surface area contributed by atoms with E-state index in [-0.39, 0.29) is 13.0 Å². The van der Waals surface area contributed by atoms with Crippen molar-refractivity contribution in [2.24, 2.45) is 5.41 Å². The summed E-state index contributed by atoms with van der Waals surface area (Å²) < 4.78 is 4.97. The normalized spacial score (nSPS) is 11.3. The van der Waals surface area contributed by atoms with Crippen molar-refractivity contribution >= 4 is 5.97 Å². The SMILES string of the molecule is O=C(Cc1ccccc1)OCC(CO)(CO)CO. The molecule has 1 rings (SSSR count). The standard InChI is InChI=1S/C13H18O5/c14-7-13(8-15,9-16)10-18-12(17)6-11-4-2-1-3-5-11/h1-5,14-16H,6-10H2. The lowest BCUT2D eigenvalue weighted by molar-refractivity contribution is -0.150. The van der Waals surface area contributed by atoms with E-state index in [0.717, 1.165) is 5.56 Å². The van der Waals surface area contributed by atoms with Crippen LogP contribution in [0.2, 0.25) is 0 Å². The third kappa shape index (κ3) is 4.10. The molecule has 0 saturated heterocycles. The molecule has 0 saturated carbocycles. The second-order valence-electron chi connectivity index (χ2n) is 4.30. The van der Waals surface area contributed by atoms with Gasteiger partial charge in [-0.1, -0.05) is 30.3 Å². The lowest BCUT2D eigenvalue weighted by Gasteiger charge is -2.26. The number of rotatable bonds is 7. The average Bonchev–Trinajstić information content (AvgIpc) is 2.42. The highest BCUT2D eigenvalue weighted by Gasteiger charge is 2.30. The van der Waals surface area contributed by atoms with Gasteiger partial charge in [0.05, 0.1) is 31.7 Å². The Labute approximate surface area is 106 Å². The van der Waals surface area contributed by atoms with E-state index >= 15 is 0 Å². The van der Waals surface area contributed by atoms with Crippen LogP contribution in [0.1, 0.15) is 5.56 Å². The average molecular weight is 254 g/mol. The summed E-state index contributed by atoms with van der Waals surface area (Å²) in [6.45, 7) is -1.54. The number of benzene rings is 1. The molecule has 0 radical (unpaired) electrons. The number of hydrogen-bond acceptors (Lipinski definition) is 5. The van der Waals surface area contributed by atoms with Crippen LogP contribution in [0.4, 0.5) is 0 Å². The monoisotopic (exact) mass is 254 g/mol. The Morgan fingerprint density at radius 2 is 1.61 bits per heavy atom. The van der Waals surface area contributed by atoms with E-state index < -0.39 is 31.2 Å². The van der Waals surface area contributed by atoms with Gasteiger partial charge in [-0.15, -0.1) is 0 Å². The first-order chi connectivity index (χ1) is 8.65. The zero-order valence-corrected chi connectivity index (χ0v) is 10.1. The number of esters is 1. The molecule has 0 aliphatic heterocycles. The van der Waals surface area contributed by atoms with Crippen LogP contribution in [0, 0.1) is 5.41 Å². The topological polar surface area (TPSA) is 87.0 Å². The molecule has 0 aliphatic rings. The number of aliphatic hydroxyl groups excluding tert-OH is 3. The Kier molecular flexibility index (Phi) is 5.77. The van der Waals surface area contributed by atoms with Crippen LogP contribution in [0.15, 0.2) is 30.3 Å². The van der Waals surface area contributed by atoms with Gasteiger partial charge in [-0.2, -0.15) is 0 Å². The van der Waals surface area contributed by atoms with Crippen molar-refractivity contribution in [2.75, 3.05) is 26.4 Å². The van der Waals surface area contributed by atoms with Gasteiger partial charge in [0.15, 0.2) is 0 Å². The van der Waals surface area contributed by atoms with Gasteiger partial charge < -0.3 is 20.1 Å². The molecule has 0 aliphatic carbocycles. The highest BCUT2D eigenvalue weighted by atomic mass is 16.5. The predicted molar refractivity (Wildman–Crippen MR) is 64.8 cm³/mol. The van der Waals surface area contributed by atoms with Crippen molar-refractivity contribution in [1.82, 2.24) is 0 Å². The Balaban J connectivity index is 2.46. The second-order valence-corrected chi connectivity index (χ2v) is 4.30. The first-order valence-corrected chi connectivity index (χ1v) is 5.68. The molecule has 0 atom stereocenters. The van der Waals surface area contributed by atoms with Crippen LogP contribution in [-0.4, -0.2) is 47.7 Å². The van der Waals surface area contributed by atoms with Gasteiger partial charge in [0.2, 0.25) is 0 Å². The van der Waals surface area contributed by atoms with Gasteiger partial charge in [-0.05, 0) is 5.56 Å². The Morgan fingerprint density at radius 1 is 1.06 bits per heavy atom. The van der Waals surface area contributed by atoms with Crippen LogP contribution >= 0.6 is 0 Å². The van der Waals surface area contributed by atoms with E-state index in [1.54, 1.807) is 12.1 Å². The first-order valence-electron chi connectivity index (χ1n) is 5.68. The summed E-state index contributed by atoms with van der Waals surface area (Å²) in [6.07, 6.45) is 0.124. The fourth-order valence-electron chi connectivity index (χ4n) is 1.33. The molecule has 5 heteroatoms. The zero-order chi connectivity index (χ0) is 13.4. The van der Waals surface area contributed by atoms with Crippen molar-refractivity contribution in [2.45, 2.75) is 6.42 Å². The summed E-state index contributed by atoms with van der Waals surface area (Å²) in [6, 6.07) is 9.10. The van der Waals surface area contributed by atoms with Crippen LogP contribution in [0.3, 0.4) is 0 Å². The summed E-state index contributed by atoms with van der Waals surface area (Å²) in [4.78, 5) is 11.5. The maximum atomic E-state index is 11.5. The van der Waals surface area contributed by atoms with E-state index in [9.17, 15) is 4.79 Å². The molecule has 0 aromatic heterocycles. The molecule has 18 heavy (non-hydrogen) atoms. The molecule has 100 valence electrons. The molecule has 5 nitrogen and oxygen atoms in total. The van der Waals surface area contributed by atoms with Gasteiger partial charge in [-0.25, -0.2) is 0 Å². The van der Waals surface area contributed by atoms with Crippen molar-refractivity contribution in [3.8, 4) is 0 Å². The second kappa shape index (κ2) is 7.10. The van der Waals surface area contributed by atoms with Crippen molar-refractivity contribution in [1.29, 1.82) is 0 Å². The van der Waals surface area contributed by atoms with Crippen LogP contribution < -0.4 is 0 Å². The highest BCUT2D eigenvalue weighted by Crippen LogP contribution is 2.15. The van der Waals surface area contributed by atoms with Gasteiger partial charge in [0, 0.05) is 0 Å². The first kappa shape index (κ1) is 14.6. The highest BCUT2D eigenvalue weighted by molar-refractivity contribution is 5.72. The van der Waals surface area contributed by atoms with Gasteiger partial charge >= 0.3 is 5.97 Å². The minimum Gasteiger partial charge on any atom is -0.465 e. The largest absolute Gasteiger partial charge is 0.465 e. The molecule has 0 bridgehead atoms. The molecule has 0 spiro atoms. The summed E-state index contributed by atoms with van der Waals surface area (Å²) in [5, 5.41) is 27.2. The van der Waals surface area contributed by atoms with E-state index in [4.69, 9.17) is 20.1 Å². The molecule has 1 aromatic rings. The Morgan fingerprint density at radius 3 is 2.11 bits per heavy atom. The minimum atomic E-state index is -1.17.